The van der Waals surface area contributed by atoms with E-state index in [2.05, 4.69) is 26.5 Å². The van der Waals surface area contributed by atoms with Crippen molar-refractivity contribution in [2.24, 2.45) is 0 Å². The van der Waals surface area contributed by atoms with Crippen LogP contribution in [-0.2, 0) is 16.1 Å². The van der Waals surface area contributed by atoms with E-state index in [-0.39, 0.29) is 11.9 Å². The topological polar surface area (TPSA) is 81.8 Å². The molecule has 1 heterocycles. The zero-order valence-electron chi connectivity index (χ0n) is 15.5. The number of carbonyl (C=O) groups excluding carboxylic acids is 3. The van der Waals surface area contributed by atoms with E-state index in [0.29, 0.717) is 31.4 Å². The Hall–Kier alpha value is -2.25. The summed E-state index contributed by atoms with van der Waals surface area (Å²) < 4.78 is 0. The summed E-state index contributed by atoms with van der Waals surface area (Å²) in [7, 11) is 1.98. The Bertz CT molecular complexity index is 629. The molecule has 2 N–H and O–H groups in total. The van der Waals surface area contributed by atoms with Crippen LogP contribution in [0.25, 0.3) is 0 Å². The number of nitrogens with zero attached hydrogens (tertiary/aromatic N) is 2. The van der Waals surface area contributed by atoms with Crippen LogP contribution in [0.1, 0.15) is 35.7 Å². The number of nitrogens with one attached hydrogen (secondary N) is 2. The number of rotatable bonds is 9. The van der Waals surface area contributed by atoms with E-state index in [4.69, 9.17) is 0 Å². The normalized spacial score (nSPS) is 15.6. The Morgan fingerprint density at radius 1 is 1.35 bits per heavy atom. The van der Waals surface area contributed by atoms with Gasteiger partial charge in [-0.05, 0) is 44.2 Å². The van der Waals surface area contributed by atoms with E-state index >= 15 is 0 Å². The van der Waals surface area contributed by atoms with E-state index in [1.54, 1.807) is 0 Å². The van der Waals surface area contributed by atoms with Gasteiger partial charge in [-0.25, -0.2) is 0 Å². The summed E-state index contributed by atoms with van der Waals surface area (Å²) in [6.07, 6.45) is 2.25. The third-order valence-electron chi connectivity index (χ3n) is 4.92. The molecule has 26 heavy (non-hydrogen) atoms. The highest BCUT2D eigenvalue weighted by Gasteiger charge is 2.16. The Morgan fingerprint density at radius 3 is 2.73 bits per heavy atom. The Balaban J connectivity index is 2.02. The Kier molecular flexibility index (Phi) is 7.74. The summed E-state index contributed by atoms with van der Waals surface area (Å²) in [5.74, 6) is -0.269. The summed E-state index contributed by atoms with van der Waals surface area (Å²) in [6, 6.07) is 6.13. The van der Waals surface area contributed by atoms with Crippen LogP contribution in [0.3, 0.4) is 0 Å². The van der Waals surface area contributed by atoms with Gasteiger partial charge in [0.1, 0.15) is 6.29 Å². The minimum Gasteiger partial charge on any atom is -0.369 e. The highest BCUT2D eigenvalue weighted by atomic mass is 16.2. The molecule has 0 radical (unpaired) electrons. The highest BCUT2D eigenvalue weighted by Crippen LogP contribution is 2.21. The maximum atomic E-state index is 11.4. The average Bonchev–Trinajstić information content (AvgIpc) is 2.67. The number of carbonyl (C=O) groups is 3. The second-order valence-electron chi connectivity index (χ2n) is 6.73. The molecule has 2 amide bonds. The number of hydrogen-bond donors (Lipinski definition) is 2. The molecule has 0 bridgehead atoms. The Labute approximate surface area is 154 Å². The maximum Gasteiger partial charge on any atom is 0.226 e. The summed E-state index contributed by atoms with van der Waals surface area (Å²) in [4.78, 5) is 37.6. The van der Waals surface area contributed by atoms with Crippen molar-refractivity contribution in [3.8, 4) is 0 Å². The van der Waals surface area contributed by atoms with Crippen molar-refractivity contribution in [3.63, 3.8) is 0 Å². The van der Waals surface area contributed by atoms with Crippen LogP contribution in [0.5, 0.6) is 0 Å². The zero-order chi connectivity index (χ0) is 18.9. The predicted octanol–water partition coefficient (Wildman–Crippen LogP) is 0.782. The third kappa shape index (κ3) is 5.64. The van der Waals surface area contributed by atoms with Crippen molar-refractivity contribution in [2.45, 2.75) is 32.4 Å². The van der Waals surface area contributed by atoms with Crippen molar-refractivity contribution in [1.29, 1.82) is 0 Å². The Morgan fingerprint density at radius 2 is 2.08 bits per heavy atom. The molecule has 7 heteroatoms. The molecule has 1 aromatic carbocycles. The third-order valence-corrected chi connectivity index (χ3v) is 4.92. The number of imide groups is 1. The first kappa shape index (κ1) is 20.1. The number of anilines is 1. The van der Waals surface area contributed by atoms with Crippen LogP contribution >= 0.6 is 0 Å². The minimum absolute atomic E-state index is 0.148. The molecule has 1 aromatic rings. The molecule has 0 aliphatic carbocycles. The van der Waals surface area contributed by atoms with Gasteiger partial charge >= 0.3 is 0 Å². The van der Waals surface area contributed by atoms with Crippen molar-refractivity contribution >= 4 is 24.3 Å². The second kappa shape index (κ2) is 10.0. The lowest BCUT2D eigenvalue weighted by Crippen LogP contribution is -2.43. The second-order valence-corrected chi connectivity index (χ2v) is 6.73. The van der Waals surface area contributed by atoms with Crippen molar-refractivity contribution in [3.05, 3.63) is 29.3 Å². The first-order valence-corrected chi connectivity index (χ1v) is 9.02. The molecule has 1 fully saturated rings. The fourth-order valence-electron chi connectivity index (χ4n) is 3.09. The largest absolute Gasteiger partial charge is 0.369 e. The van der Waals surface area contributed by atoms with Gasteiger partial charge in [0.05, 0.1) is 0 Å². The average molecular weight is 360 g/mol. The molecule has 2 rings (SSSR count). The molecule has 0 aromatic heterocycles. The summed E-state index contributed by atoms with van der Waals surface area (Å²) >= 11 is 0. The molecule has 1 saturated heterocycles. The van der Waals surface area contributed by atoms with Gasteiger partial charge in [0, 0.05) is 56.4 Å². The summed E-state index contributed by atoms with van der Waals surface area (Å²) in [6.45, 7) is 6.50. The lowest BCUT2D eigenvalue weighted by molar-refractivity contribution is -0.125. The first-order chi connectivity index (χ1) is 12.5. The first-order valence-electron chi connectivity index (χ1n) is 9.02. The van der Waals surface area contributed by atoms with Gasteiger partial charge in [-0.1, -0.05) is 0 Å². The van der Waals surface area contributed by atoms with Gasteiger partial charge in [-0.15, -0.1) is 0 Å². The molecule has 142 valence electrons. The van der Waals surface area contributed by atoms with Gasteiger partial charge in [0.25, 0.3) is 0 Å². The SMILES string of the molecule is CC(CCC(=O)NC=O)N(C)Cc1cc(N2CCNCC2)ccc1C=O. The highest BCUT2D eigenvalue weighted by molar-refractivity contribution is 5.85. The molecule has 1 atom stereocenters. The molecule has 0 saturated carbocycles. The van der Waals surface area contributed by atoms with Crippen LogP contribution in [0.2, 0.25) is 0 Å². The van der Waals surface area contributed by atoms with Gasteiger partial charge in [-0.3, -0.25) is 24.6 Å². The summed E-state index contributed by atoms with van der Waals surface area (Å²) in [5, 5.41) is 5.50. The van der Waals surface area contributed by atoms with E-state index < -0.39 is 0 Å². The lowest BCUT2D eigenvalue weighted by atomic mass is 10.0. The van der Waals surface area contributed by atoms with Crippen LogP contribution in [-0.4, -0.2) is 62.8 Å². The quantitative estimate of drug-likeness (QED) is 0.634. The minimum atomic E-state index is -0.269. The molecule has 1 unspecified atom stereocenters. The van der Waals surface area contributed by atoms with Crippen molar-refractivity contribution in [1.82, 2.24) is 15.5 Å². The monoisotopic (exact) mass is 360 g/mol. The fraction of sp³-hybridized carbons (Fsp3) is 0.526. The van der Waals surface area contributed by atoms with Crippen molar-refractivity contribution < 1.29 is 14.4 Å². The van der Waals surface area contributed by atoms with Gasteiger partial charge in [0.2, 0.25) is 12.3 Å². The molecular formula is C19H28N4O3. The van der Waals surface area contributed by atoms with Crippen LogP contribution < -0.4 is 15.5 Å². The number of hydrogen-bond acceptors (Lipinski definition) is 6. The standard InChI is InChI=1S/C19H28N4O3/c1-15(3-6-19(26)21-14-25)22(2)12-17-11-18(5-4-16(17)13-24)23-9-7-20-8-10-23/h4-5,11,13-15,20H,3,6-10,12H2,1-2H3,(H,21,25,26). The van der Waals surface area contributed by atoms with Crippen LogP contribution in [0.4, 0.5) is 5.69 Å². The lowest BCUT2D eigenvalue weighted by Gasteiger charge is -2.31. The van der Waals surface area contributed by atoms with Gasteiger partial charge < -0.3 is 10.2 Å². The van der Waals surface area contributed by atoms with Crippen LogP contribution in [0.15, 0.2) is 18.2 Å². The van der Waals surface area contributed by atoms with E-state index in [9.17, 15) is 14.4 Å². The molecular weight excluding hydrogens is 332 g/mol. The van der Waals surface area contributed by atoms with Crippen LogP contribution in [0, 0.1) is 0 Å². The number of aldehydes is 1. The van der Waals surface area contributed by atoms with E-state index in [1.165, 1.54) is 0 Å². The maximum absolute atomic E-state index is 11.4. The molecule has 1 aliphatic heterocycles. The number of piperazine rings is 1. The fourth-order valence-corrected chi connectivity index (χ4v) is 3.09. The summed E-state index contributed by atoms with van der Waals surface area (Å²) in [5.41, 5.74) is 2.82. The van der Waals surface area contributed by atoms with E-state index in [1.807, 2.05) is 26.1 Å². The number of benzene rings is 1. The van der Waals surface area contributed by atoms with Crippen molar-refractivity contribution in [2.75, 3.05) is 38.1 Å². The molecule has 0 spiro atoms. The predicted molar refractivity (Wildman–Crippen MR) is 101 cm³/mol. The van der Waals surface area contributed by atoms with Gasteiger partial charge in [-0.2, -0.15) is 0 Å². The zero-order valence-corrected chi connectivity index (χ0v) is 15.5. The van der Waals surface area contributed by atoms with Gasteiger partial charge in [0.15, 0.2) is 0 Å². The van der Waals surface area contributed by atoms with E-state index in [0.717, 1.165) is 43.7 Å². The smallest absolute Gasteiger partial charge is 0.226 e. The molecule has 7 nitrogen and oxygen atoms in total. The number of amides is 2. The molecule has 1 aliphatic rings.